The molecular weight excluding hydrogens is 584 g/mol. The SMILES string of the molecule is C[C@H]1[C@@H](OCC[C@H](O)CO[C@H]2O[C@@H]3O[C@@]4(C)CC[C@H]5[C@H](C)CC[C@@H]([C@H]2C)[C@@]35OO4)O[C@@H]2O[C@@]3(C)CC[C@H]4[C@H](C)CC[C@@H]1[C@@]24OO3. The van der Waals surface area contributed by atoms with Gasteiger partial charge in [-0.2, -0.15) is 0 Å². The summed E-state index contributed by atoms with van der Waals surface area (Å²) in [5.74, 6) is 0.523. The second-order valence-corrected chi connectivity index (χ2v) is 16.2. The highest BCUT2D eigenvalue weighted by Gasteiger charge is 2.71. The van der Waals surface area contributed by atoms with Crippen molar-refractivity contribution in [3.63, 3.8) is 0 Å². The summed E-state index contributed by atoms with van der Waals surface area (Å²) in [7, 11) is 0. The van der Waals surface area contributed by atoms with Crippen molar-refractivity contribution in [2.75, 3.05) is 13.2 Å². The molecule has 8 saturated heterocycles. The van der Waals surface area contributed by atoms with E-state index in [0.29, 0.717) is 36.7 Å². The third kappa shape index (κ3) is 4.85. The van der Waals surface area contributed by atoms with E-state index in [1.54, 1.807) is 0 Å². The molecule has 10 fully saturated rings. The van der Waals surface area contributed by atoms with E-state index >= 15 is 0 Å². The van der Waals surface area contributed by atoms with E-state index in [2.05, 4.69) is 27.7 Å². The van der Waals surface area contributed by atoms with Crippen molar-refractivity contribution < 1.29 is 53.1 Å². The lowest BCUT2D eigenvalue weighted by molar-refractivity contribution is -0.577. The minimum absolute atomic E-state index is 0.0585. The summed E-state index contributed by atoms with van der Waals surface area (Å²) in [5.41, 5.74) is -1.23. The Labute approximate surface area is 267 Å². The quantitative estimate of drug-likeness (QED) is 0.372. The summed E-state index contributed by atoms with van der Waals surface area (Å²) in [6.07, 6.45) is 5.45. The summed E-state index contributed by atoms with van der Waals surface area (Å²) in [4.78, 5) is 24.3. The van der Waals surface area contributed by atoms with Gasteiger partial charge in [-0.05, 0) is 82.5 Å². The first-order chi connectivity index (χ1) is 21.5. The largest absolute Gasteiger partial charge is 0.391 e. The van der Waals surface area contributed by atoms with Crippen LogP contribution in [0, 0.1) is 47.3 Å². The monoisotopic (exact) mass is 638 g/mol. The molecule has 0 unspecified atom stereocenters. The molecule has 8 heterocycles. The zero-order chi connectivity index (χ0) is 31.4. The standard InChI is InChI=1S/C34H54O11/c1-18-7-9-25-20(3)27(38-29-33(25)23(18)11-14-31(5,40-29)42-44-33)36-16-13-22(35)17-37-28-21(4)26-10-8-19(2)24-12-15-32(6)41-30(39-28)34(24,26)45-43-32/h18-30,35H,7-17H2,1-6H3/t18-,19-,20-,21-,22+,23+,24+,25+,26+,27+,28+,29-,30-,31-,32-,33-,34-/m1/s1. The average Bonchev–Trinajstić information content (AvgIpc) is 3.38. The van der Waals surface area contributed by atoms with Crippen molar-refractivity contribution in [3.8, 4) is 0 Å². The predicted octanol–water partition coefficient (Wildman–Crippen LogP) is 5.19. The van der Waals surface area contributed by atoms with Crippen molar-refractivity contribution in [3.05, 3.63) is 0 Å². The molecule has 11 nitrogen and oxygen atoms in total. The van der Waals surface area contributed by atoms with Gasteiger partial charge < -0.3 is 33.5 Å². The molecule has 0 aromatic heterocycles. The lowest BCUT2D eigenvalue weighted by atomic mass is 9.58. The van der Waals surface area contributed by atoms with Crippen molar-refractivity contribution >= 4 is 0 Å². The van der Waals surface area contributed by atoms with Gasteiger partial charge in [-0.15, -0.1) is 0 Å². The topological polar surface area (TPSA) is 113 Å². The molecule has 0 radical (unpaired) electrons. The van der Waals surface area contributed by atoms with Crippen LogP contribution in [0.4, 0.5) is 0 Å². The van der Waals surface area contributed by atoms with Crippen LogP contribution in [0.25, 0.3) is 0 Å². The van der Waals surface area contributed by atoms with Gasteiger partial charge in [0.25, 0.3) is 0 Å². The Kier molecular flexibility index (Phi) is 7.99. The van der Waals surface area contributed by atoms with Gasteiger partial charge in [-0.25, -0.2) is 19.6 Å². The highest BCUT2D eigenvalue weighted by molar-refractivity contribution is 5.10. The number of ether oxygens (including phenoxy) is 6. The number of aliphatic hydroxyl groups excluding tert-OH is 1. The maximum absolute atomic E-state index is 11.0. The summed E-state index contributed by atoms with van der Waals surface area (Å²) >= 11 is 0. The molecule has 2 aliphatic carbocycles. The molecule has 0 aromatic carbocycles. The van der Waals surface area contributed by atoms with Crippen molar-refractivity contribution in [1.82, 2.24) is 0 Å². The van der Waals surface area contributed by atoms with Crippen LogP contribution in [0.15, 0.2) is 0 Å². The molecule has 10 aliphatic rings. The van der Waals surface area contributed by atoms with Crippen LogP contribution in [0.3, 0.4) is 0 Å². The first kappa shape index (κ1) is 31.8. The minimum atomic E-state index is -0.827. The van der Waals surface area contributed by atoms with Crippen LogP contribution in [0.1, 0.15) is 99.3 Å². The Hall–Kier alpha value is -0.440. The highest BCUT2D eigenvalue weighted by atomic mass is 17.3. The number of rotatable bonds is 7. The van der Waals surface area contributed by atoms with Crippen molar-refractivity contribution in [2.45, 2.75) is 153 Å². The highest BCUT2D eigenvalue weighted by Crippen LogP contribution is 2.62. The lowest BCUT2D eigenvalue weighted by Gasteiger charge is -2.60. The van der Waals surface area contributed by atoms with Gasteiger partial charge in [0.15, 0.2) is 36.4 Å². The van der Waals surface area contributed by atoms with Gasteiger partial charge in [-0.1, -0.05) is 27.7 Å². The van der Waals surface area contributed by atoms with E-state index in [0.717, 1.165) is 51.4 Å². The first-order valence-electron chi connectivity index (χ1n) is 17.8. The van der Waals surface area contributed by atoms with E-state index in [9.17, 15) is 5.11 Å². The summed E-state index contributed by atoms with van der Waals surface area (Å²) in [5, 5.41) is 11.0. The van der Waals surface area contributed by atoms with E-state index in [4.69, 9.17) is 48.0 Å². The number of hydrogen-bond acceptors (Lipinski definition) is 11. The molecule has 8 aliphatic heterocycles. The summed E-state index contributed by atoms with van der Waals surface area (Å²) < 4.78 is 38.5. The van der Waals surface area contributed by atoms with Crippen molar-refractivity contribution in [2.24, 2.45) is 47.3 Å². The molecule has 10 rings (SSSR count). The molecule has 45 heavy (non-hydrogen) atoms. The Bertz CT molecular complexity index is 1110. The fraction of sp³-hybridized carbons (Fsp3) is 1.00. The van der Waals surface area contributed by atoms with E-state index in [1.165, 1.54) is 0 Å². The van der Waals surface area contributed by atoms with Crippen LogP contribution in [-0.4, -0.2) is 72.4 Å². The van der Waals surface area contributed by atoms with Crippen molar-refractivity contribution in [1.29, 1.82) is 0 Å². The van der Waals surface area contributed by atoms with Gasteiger partial charge in [0.1, 0.15) is 0 Å². The van der Waals surface area contributed by atoms with Gasteiger partial charge in [0.05, 0.1) is 19.3 Å². The fourth-order valence-corrected chi connectivity index (χ4v) is 10.7. The maximum Gasteiger partial charge on any atom is 0.201 e. The molecule has 17 atom stereocenters. The number of hydrogen-bond donors (Lipinski definition) is 1. The van der Waals surface area contributed by atoms with E-state index in [1.807, 2.05) is 13.8 Å². The van der Waals surface area contributed by atoms with Crippen LogP contribution >= 0.6 is 0 Å². The Morgan fingerprint density at radius 1 is 0.644 bits per heavy atom. The zero-order valence-corrected chi connectivity index (χ0v) is 27.8. The molecule has 0 amide bonds. The first-order valence-corrected chi connectivity index (χ1v) is 17.8. The maximum atomic E-state index is 11.0. The van der Waals surface area contributed by atoms with Crippen LogP contribution < -0.4 is 0 Å². The number of aliphatic hydroxyl groups is 1. The van der Waals surface area contributed by atoms with Gasteiger partial charge in [-0.3, -0.25) is 0 Å². The summed E-state index contributed by atoms with van der Waals surface area (Å²) in [6.45, 7) is 13.3. The predicted molar refractivity (Wildman–Crippen MR) is 156 cm³/mol. The Balaban J connectivity index is 0.878. The Morgan fingerprint density at radius 2 is 1.13 bits per heavy atom. The smallest absolute Gasteiger partial charge is 0.201 e. The Morgan fingerprint density at radius 3 is 1.64 bits per heavy atom. The zero-order valence-electron chi connectivity index (χ0n) is 27.8. The van der Waals surface area contributed by atoms with E-state index < -0.39 is 54.0 Å². The molecule has 1 N–H and O–H groups in total. The second-order valence-electron chi connectivity index (χ2n) is 16.2. The lowest BCUT2D eigenvalue weighted by Crippen LogP contribution is -2.70. The van der Waals surface area contributed by atoms with Gasteiger partial charge in [0.2, 0.25) is 11.6 Å². The molecule has 4 bridgehead atoms. The normalized spacial score (nSPS) is 57.4. The van der Waals surface area contributed by atoms with Gasteiger partial charge >= 0.3 is 0 Å². The van der Waals surface area contributed by atoms with Crippen LogP contribution in [0.2, 0.25) is 0 Å². The van der Waals surface area contributed by atoms with Crippen LogP contribution in [0.5, 0.6) is 0 Å². The number of fused-ring (bicyclic) bond motifs is 4. The molecule has 2 spiro atoms. The summed E-state index contributed by atoms with van der Waals surface area (Å²) in [6, 6.07) is 0. The molecule has 0 aromatic rings. The molecule has 11 heteroatoms. The fourth-order valence-electron chi connectivity index (χ4n) is 10.7. The third-order valence-electron chi connectivity index (χ3n) is 13.4. The minimum Gasteiger partial charge on any atom is -0.391 e. The van der Waals surface area contributed by atoms with E-state index in [-0.39, 0.29) is 30.3 Å². The molecule has 2 saturated carbocycles. The van der Waals surface area contributed by atoms with Crippen LogP contribution in [-0.2, 0) is 48.0 Å². The third-order valence-corrected chi connectivity index (χ3v) is 13.4. The molecule has 256 valence electrons. The second kappa shape index (κ2) is 11.3. The molecular formula is C34H54O11. The average molecular weight is 639 g/mol. The van der Waals surface area contributed by atoms with Gasteiger partial charge in [0, 0.05) is 36.5 Å².